The summed E-state index contributed by atoms with van der Waals surface area (Å²) in [6.07, 6.45) is 2.41. The molecule has 1 aromatic carbocycles. The molecule has 0 heterocycles. The molecule has 17 heavy (non-hydrogen) atoms. The van der Waals surface area contributed by atoms with E-state index in [1.165, 1.54) is 12.8 Å². The minimum Gasteiger partial charge on any atom is -0.373 e. The summed E-state index contributed by atoms with van der Waals surface area (Å²) >= 11 is 3.56. The molecule has 1 aromatic rings. The molecule has 1 rings (SSSR count). The summed E-state index contributed by atoms with van der Waals surface area (Å²) in [6, 6.07) is 10.0. The third-order valence-electron chi connectivity index (χ3n) is 2.88. The Morgan fingerprint density at radius 1 is 1.41 bits per heavy atom. The summed E-state index contributed by atoms with van der Waals surface area (Å²) in [4.78, 5) is 2.18. The van der Waals surface area contributed by atoms with E-state index in [2.05, 4.69) is 40.9 Å². The predicted octanol–water partition coefficient (Wildman–Crippen LogP) is 3.81. The minimum atomic E-state index is 0.636. The van der Waals surface area contributed by atoms with E-state index in [0.717, 1.165) is 23.1 Å². The van der Waals surface area contributed by atoms with Crippen molar-refractivity contribution in [3.63, 3.8) is 0 Å². The maximum Gasteiger partial charge on any atom is 0.101 e. The summed E-state index contributed by atoms with van der Waals surface area (Å²) in [5.74, 6) is 0.636. The van der Waals surface area contributed by atoms with Crippen LogP contribution in [0.1, 0.15) is 25.3 Å². The van der Waals surface area contributed by atoms with Crippen LogP contribution in [0.3, 0.4) is 0 Å². The summed E-state index contributed by atoms with van der Waals surface area (Å²) in [5.41, 5.74) is 1.77. The van der Waals surface area contributed by atoms with Gasteiger partial charge in [0.25, 0.3) is 0 Å². The van der Waals surface area contributed by atoms with Gasteiger partial charge in [-0.1, -0.05) is 41.4 Å². The second kappa shape index (κ2) is 7.34. The number of alkyl halides is 1. The Morgan fingerprint density at radius 2 is 2.12 bits per heavy atom. The minimum absolute atomic E-state index is 0.636. The van der Waals surface area contributed by atoms with E-state index in [4.69, 9.17) is 5.26 Å². The predicted molar refractivity (Wildman–Crippen MR) is 76.6 cm³/mol. The first-order chi connectivity index (χ1) is 8.22. The molecule has 0 aliphatic heterocycles. The van der Waals surface area contributed by atoms with Gasteiger partial charge in [0.1, 0.15) is 6.07 Å². The molecule has 0 radical (unpaired) electrons. The highest BCUT2D eigenvalue weighted by Gasteiger charge is 2.12. The van der Waals surface area contributed by atoms with E-state index in [9.17, 15) is 0 Å². The van der Waals surface area contributed by atoms with E-state index in [1.807, 2.05) is 24.3 Å². The van der Waals surface area contributed by atoms with Crippen molar-refractivity contribution in [2.24, 2.45) is 5.92 Å². The monoisotopic (exact) mass is 294 g/mol. The van der Waals surface area contributed by atoms with E-state index in [-0.39, 0.29) is 0 Å². The molecule has 1 unspecified atom stereocenters. The zero-order valence-electron chi connectivity index (χ0n) is 10.5. The molecule has 0 N–H and O–H groups in total. The molecule has 0 bridgehead atoms. The summed E-state index contributed by atoms with van der Waals surface area (Å²) in [6.45, 7) is 3.19. The number of rotatable bonds is 6. The maximum absolute atomic E-state index is 9.08. The maximum atomic E-state index is 9.08. The molecule has 2 nitrogen and oxygen atoms in total. The Morgan fingerprint density at radius 3 is 2.71 bits per heavy atom. The van der Waals surface area contributed by atoms with Gasteiger partial charge in [0.05, 0.1) is 11.3 Å². The van der Waals surface area contributed by atoms with Crippen molar-refractivity contribution in [2.45, 2.75) is 19.8 Å². The van der Waals surface area contributed by atoms with Crippen LogP contribution in [0.5, 0.6) is 0 Å². The van der Waals surface area contributed by atoms with Crippen LogP contribution < -0.4 is 4.90 Å². The molecule has 92 valence electrons. The molecule has 0 fully saturated rings. The Hall–Kier alpha value is -1.01. The molecule has 1 atom stereocenters. The van der Waals surface area contributed by atoms with Gasteiger partial charge >= 0.3 is 0 Å². The Bertz CT molecular complexity index is 384. The molecule has 0 aromatic heterocycles. The molecular weight excluding hydrogens is 276 g/mol. The van der Waals surface area contributed by atoms with Gasteiger partial charge in [0.15, 0.2) is 0 Å². The number of halogens is 1. The normalized spacial score (nSPS) is 11.9. The second-order valence-electron chi connectivity index (χ2n) is 4.32. The molecule has 0 spiro atoms. The number of anilines is 1. The average molecular weight is 295 g/mol. The number of para-hydroxylation sites is 1. The number of hydrogen-bond acceptors (Lipinski definition) is 2. The van der Waals surface area contributed by atoms with Gasteiger partial charge in [-0.25, -0.2) is 0 Å². The van der Waals surface area contributed by atoms with Gasteiger partial charge in [0.2, 0.25) is 0 Å². The highest BCUT2D eigenvalue weighted by atomic mass is 79.9. The second-order valence-corrected chi connectivity index (χ2v) is 4.97. The standard InChI is InChI=1S/C14H19BrN2/c1-3-6-12(9-15)11-17(2)14-8-5-4-7-13(14)10-16/h4-5,7-8,12H,3,6,9,11H2,1-2H3. The number of nitrogens with zero attached hydrogens (tertiary/aromatic N) is 2. The fourth-order valence-corrected chi connectivity index (χ4v) is 2.54. The van der Waals surface area contributed by atoms with Crippen molar-refractivity contribution < 1.29 is 0 Å². The van der Waals surface area contributed by atoms with Crippen molar-refractivity contribution in [1.29, 1.82) is 5.26 Å². The van der Waals surface area contributed by atoms with Gasteiger partial charge < -0.3 is 4.90 Å². The molecule has 0 saturated heterocycles. The first-order valence-electron chi connectivity index (χ1n) is 5.99. The van der Waals surface area contributed by atoms with Crippen LogP contribution in [-0.2, 0) is 0 Å². The lowest BCUT2D eigenvalue weighted by atomic mass is 10.0. The number of benzene rings is 1. The molecule has 0 saturated carbocycles. The average Bonchev–Trinajstić information content (AvgIpc) is 2.38. The Kier molecular flexibility index (Phi) is 6.07. The van der Waals surface area contributed by atoms with E-state index >= 15 is 0 Å². The van der Waals surface area contributed by atoms with Gasteiger partial charge in [-0.3, -0.25) is 0 Å². The summed E-state index contributed by atoms with van der Waals surface area (Å²) in [5, 5.41) is 10.1. The zero-order valence-corrected chi connectivity index (χ0v) is 12.1. The van der Waals surface area contributed by atoms with E-state index < -0.39 is 0 Å². The van der Waals surface area contributed by atoms with Crippen LogP contribution in [0.2, 0.25) is 0 Å². The van der Waals surface area contributed by atoms with Gasteiger partial charge in [-0.15, -0.1) is 0 Å². The third-order valence-corrected chi connectivity index (χ3v) is 3.80. The number of nitriles is 1. The molecule has 0 aliphatic rings. The SMILES string of the molecule is CCCC(CBr)CN(C)c1ccccc1C#N. The summed E-state index contributed by atoms with van der Waals surface area (Å²) in [7, 11) is 2.06. The smallest absolute Gasteiger partial charge is 0.101 e. The van der Waals surface area contributed by atoms with Crippen molar-refractivity contribution in [2.75, 3.05) is 23.8 Å². The molecular formula is C14H19BrN2. The van der Waals surface area contributed by atoms with Gasteiger partial charge in [-0.05, 0) is 24.5 Å². The topological polar surface area (TPSA) is 27.0 Å². The van der Waals surface area contributed by atoms with Crippen LogP contribution >= 0.6 is 15.9 Å². The van der Waals surface area contributed by atoms with Crippen molar-refractivity contribution >= 4 is 21.6 Å². The highest BCUT2D eigenvalue weighted by Crippen LogP contribution is 2.21. The first kappa shape index (κ1) is 14.1. The van der Waals surface area contributed by atoms with E-state index in [1.54, 1.807) is 0 Å². The fourth-order valence-electron chi connectivity index (χ4n) is 2.01. The van der Waals surface area contributed by atoms with Crippen LogP contribution in [-0.4, -0.2) is 18.9 Å². The van der Waals surface area contributed by atoms with Crippen LogP contribution in [0.15, 0.2) is 24.3 Å². The lowest BCUT2D eigenvalue weighted by molar-refractivity contribution is 0.535. The molecule has 0 amide bonds. The number of hydrogen-bond donors (Lipinski definition) is 0. The lowest BCUT2D eigenvalue weighted by Gasteiger charge is -2.25. The molecule has 0 aliphatic carbocycles. The fraction of sp³-hybridized carbons (Fsp3) is 0.500. The highest BCUT2D eigenvalue weighted by molar-refractivity contribution is 9.09. The van der Waals surface area contributed by atoms with Crippen LogP contribution in [0, 0.1) is 17.2 Å². The molecule has 3 heteroatoms. The quantitative estimate of drug-likeness (QED) is 0.746. The van der Waals surface area contributed by atoms with Gasteiger partial charge in [-0.2, -0.15) is 5.26 Å². The van der Waals surface area contributed by atoms with Crippen LogP contribution in [0.25, 0.3) is 0 Å². The third kappa shape index (κ3) is 4.05. The van der Waals surface area contributed by atoms with Crippen molar-refractivity contribution in [3.8, 4) is 6.07 Å². The van der Waals surface area contributed by atoms with Crippen LogP contribution in [0.4, 0.5) is 5.69 Å². The van der Waals surface area contributed by atoms with Gasteiger partial charge in [0, 0.05) is 18.9 Å². The van der Waals surface area contributed by atoms with Crippen molar-refractivity contribution in [3.05, 3.63) is 29.8 Å². The largest absolute Gasteiger partial charge is 0.373 e. The van der Waals surface area contributed by atoms with E-state index in [0.29, 0.717) is 5.92 Å². The zero-order chi connectivity index (χ0) is 12.7. The Labute approximate surface area is 112 Å². The Balaban J connectivity index is 2.75. The lowest BCUT2D eigenvalue weighted by Crippen LogP contribution is -2.26. The van der Waals surface area contributed by atoms with Crippen molar-refractivity contribution in [1.82, 2.24) is 0 Å². The summed E-state index contributed by atoms with van der Waals surface area (Å²) < 4.78 is 0. The first-order valence-corrected chi connectivity index (χ1v) is 7.11.